The molecular formula is C32H26ClN5O. The van der Waals surface area contributed by atoms with E-state index in [1.165, 1.54) is 0 Å². The number of ether oxygens (including phenoxy) is 1. The first kappa shape index (κ1) is 25.9. The fourth-order valence-corrected chi connectivity index (χ4v) is 5.28. The summed E-state index contributed by atoms with van der Waals surface area (Å²) in [5.74, 6) is 0.706. The monoisotopic (exact) mass is 531 g/mol. The van der Waals surface area contributed by atoms with Crippen molar-refractivity contribution in [2.45, 2.75) is 18.9 Å². The predicted octanol–water partition coefficient (Wildman–Crippen LogP) is 8.28. The van der Waals surface area contributed by atoms with Gasteiger partial charge in [0.1, 0.15) is 5.75 Å². The third-order valence-electron chi connectivity index (χ3n) is 6.79. The van der Waals surface area contributed by atoms with Gasteiger partial charge in [-0.3, -0.25) is 0 Å². The zero-order valence-corrected chi connectivity index (χ0v) is 22.0. The Balaban J connectivity index is 1.64. The Kier molecular flexibility index (Phi) is 8.14. The Morgan fingerprint density at radius 2 is 1.56 bits per heavy atom. The smallest absolute Gasteiger partial charge is 0.119 e. The van der Waals surface area contributed by atoms with Crippen LogP contribution in [0.5, 0.6) is 5.75 Å². The van der Waals surface area contributed by atoms with E-state index < -0.39 is 0 Å². The highest BCUT2D eigenvalue weighted by Gasteiger charge is 2.25. The van der Waals surface area contributed by atoms with E-state index in [1.54, 1.807) is 12.1 Å². The van der Waals surface area contributed by atoms with E-state index in [4.69, 9.17) is 27.1 Å². The van der Waals surface area contributed by atoms with Crippen LogP contribution in [0.4, 0.5) is 0 Å². The Bertz CT molecular complexity index is 1610. The third-order valence-corrected chi connectivity index (χ3v) is 7.02. The molecule has 39 heavy (non-hydrogen) atoms. The van der Waals surface area contributed by atoms with Crippen LogP contribution in [0.25, 0.3) is 21.3 Å². The van der Waals surface area contributed by atoms with Crippen LogP contribution < -0.4 is 4.74 Å². The largest absolute Gasteiger partial charge is 0.493 e. The summed E-state index contributed by atoms with van der Waals surface area (Å²) in [6.45, 7) is 0.772. The van der Waals surface area contributed by atoms with E-state index in [0.717, 1.165) is 33.3 Å². The number of halogens is 1. The molecule has 7 heteroatoms. The first-order valence-corrected chi connectivity index (χ1v) is 13.1. The zero-order chi connectivity index (χ0) is 27.0. The van der Waals surface area contributed by atoms with Gasteiger partial charge in [0.05, 0.1) is 24.3 Å². The third kappa shape index (κ3) is 5.76. The average molecular weight is 532 g/mol. The standard InChI is InChI=1S/C32H26ClN5O/c33-26-13-16-30-29(21-26)28(18-20-39-27-14-11-23(22-34)12-15-27)31(17-19-36-37-35)38(30)32(24-7-3-1-4-8-24)25-9-5-2-6-10-25/h1-16,21,32H,17-20H2. The van der Waals surface area contributed by atoms with Crippen LogP contribution >= 0.6 is 11.6 Å². The number of aromatic nitrogens is 1. The van der Waals surface area contributed by atoms with Crippen LogP contribution in [-0.4, -0.2) is 17.7 Å². The van der Waals surface area contributed by atoms with Crippen molar-refractivity contribution < 1.29 is 4.74 Å². The summed E-state index contributed by atoms with van der Waals surface area (Å²) in [7, 11) is 0. The topological polar surface area (TPSA) is 86.7 Å². The van der Waals surface area contributed by atoms with Gasteiger partial charge in [0.2, 0.25) is 0 Å². The number of hydrogen-bond acceptors (Lipinski definition) is 3. The molecule has 0 bridgehead atoms. The second kappa shape index (κ2) is 12.2. The van der Waals surface area contributed by atoms with E-state index in [2.05, 4.69) is 75.3 Å². The molecular weight excluding hydrogens is 506 g/mol. The van der Waals surface area contributed by atoms with E-state index in [0.29, 0.717) is 42.3 Å². The van der Waals surface area contributed by atoms with Gasteiger partial charge in [-0.25, -0.2) is 0 Å². The maximum atomic E-state index is 9.07. The molecule has 0 spiro atoms. The van der Waals surface area contributed by atoms with Crippen molar-refractivity contribution in [1.29, 1.82) is 5.26 Å². The van der Waals surface area contributed by atoms with Crippen LogP contribution in [-0.2, 0) is 12.8 Å². The van der Waals surface area contributed by atoms with Gasteiger partial charge in [0.15, 0.2) is 0 Å². The lowest BCUT2D eigenvalue weighted by Crippen LogP contribution is -2.16. The lowest BCUT2D eigenvalue weighted by atomic mass is 9.97. The molecule has 192 valence electrons. The molecule has 0 amide bonds. The van der Waals surface area contributed by atoms with Crippen LogP contribution in [0, 0.1) is 11.3 Å². The summed E-state index contributed by atoms with van der Waals surface area (Å²) in [4.78, 5) is 3.00. The number of benzene rings is 4. The van der Waals surface area contributed by atoms with E-state index in [-0.39, 0.29) is 6.04 Å². The molecule has 0 atom stereocenters. The summed E-state index contributed by atoms with van der Waals surface area (Å²) < 4.78 is 8.44. The maximum Gasteiger partial charge on any atom is 0.119 e. The summed E-state index contributed by atoms with van der Waals surface area (Å²) in [6.07, 6.45) is 1.20. The van der Waals surface area contributed by atoms with Crippen molar-refractivity contribution in [3.8, 4) is 11.8 Å². The van der Waals surface area contributed by atoms with Crippen molar-refractivity contribution in [1.82, 2.24) is 4.57 Å². The van der Waals surface area contributed by atoms with Gasteiger partial charge in [-0.05, 0) is 71.1 Å². The number of rotatable bonds is 10. The molecule has 1 aromatic heterocycles. The Labute approximate surface area is 232 Å². The van der Waals surface area contributed by atoms with E-state index >= 15 is 0 Å². The first-order chi connectivity index (χ1) is 19.2. The Hall–Kier alpha value is -4.69. The molecule has 5 rings (SSSR count). The lowest BCUT2D eigenvalue weighted by molar-refractivity contribution is 0.322. The molecule has 0 unspecified atom stereocenters. The molecule has 1 heterocycles. The minimum absolute atomic E-state index is 0.0923. The van der Waals surface area contributed by atoms with Crippen LogP contribution in [0.2, 0.25) is 5.02 Å². The first-order valence-electron chi connectivity index (χ1n) is 12.7. The van der Waals surface area contributed by atoms with Crippen molar-refractivity contribution in [2.75, 3.05) is 13.2 Å². The van der Waals surface area contributed by atoms with Gasteiger partial charge < -0.3 is 9.30 Å². The lowest BCUT2D eigenvalue weighted by Gasteiger charge is -2.25. The molecule has 0 fully saturated rings. The molecule has 0 saturated carbocycles. The highest BCUT2D eigenvalue weighted by Crippen LogP contribution is 2.37. The van der Waals surface area contributed by atoms with Gasteiger partial charge in [-0.15, -0.1) is 0 Å². The van der Waals surface area contributed by atoms with Gasteiger partial charge in [0.25, 0.3) is 0 Å². The second-order valence-corrected chi connectivity index (χ2v) is 9.56. The average Bonchev–Trinajstić information content (AvgIpc) is 3.27. The molecule has 0 radical (unpaired) electrons. The maximum absolute atomic E-state index is 9.07. The molecule has 6 nitrogen and oxygen atoms in total. The fourth-order valence-electron chi connectivity index (χ4n) is 5.11. The summed E-state index contributed by atoms with van der Waals surface area (Å²) in [6, 6.07) is 36.0. The summed E-state index contributed by atoms with van der Waals surface area (Å²) in [5, 5.41) is 14.7. The normalized spacial score (nSPS) is 10.8. The molecule has 0 aliphatic carbocycles. The zero-order valence-electron chi connectivity index (χ0n) is 21.2. The minimum Gasteiger partial charge on any atom is -0.493 e. The van der Waals surface area contributed by atoms with Gasteiger partial charge in [-0.1, -0.05) is 77.4 Å². The second-order valence-electron chi connectivity index (χ2n) is 9.12. The van der Waals surface area contributed by atoms with E-state index in [9.17, 15) is 0 Å². The van der Waals surface area contributed by atoms with Crippen molar-refractivity contribution in [3.05, 3.63) is 147 Å². The Morgan fingerprint density at radius 3 is 2.18 bits per heavy atom. The van der Waals surface area contributed by atoms with Crippen LogP contribution in [0.15, 0.2) is 108 Å². The number of nitriles is 1. The highest BCUT2D eigenvalue weighted by atomic mass is 35.5. The van der Waals surface area contributed by atoms with Gasteiger partial charge in [-0.2, -0.15) is 5.26 Å². The quantitative estimate of drug-likeness (QED) is 0.103. The minimum atomic E-state index is -0.0923. The highest BCUT2D eigenvalue weighted by molar-refractivity contribution is 6.31. The molecule has 5 aromatic rings. The van der Waals surface area contributed by atoms with Crippen molar-refractivity contribution in [3.63, 3.8) is 0 Å². The van der Waals surface area contributed by atoms with Gasteiger partial charge in [0, 0.05) is 39.5 Å². The number of hydrogen-bond donors (Lipinski definition) is 0. The van der Waals surface area contributed by atoms with Crippen LogP contribution in [0.3, 0.4) is 0 Å². The summed E-state index contributed by atoms with van der Waals surface area (Å²) >= 11 is 6.52. The van der Waals surface area contributed by atoms with Gasteiger partial charge >= 0.3 is 0 Å². The Morgan fingerprint density at radius 1 is 0.897 bits per heavy atom. The number of nitrogens with zero attached hydrogens (tertiary/aromatic N) is 5. The molecule has 0 N–H and O–H groups in total. The number of azide groups is 1. The molecule has 0 aliphatic heterocycles. The van der Waals surface area contributed by atoms with Crippen molar-refractivity contribution in [2.24, 2.45) is 5.11 Å². The molecule has 4 aromatic carbocycles. The number of fused-ring (bicyclic) bond motifs is 1. The van der Waals surface area contributed by atoms with Crippen molar-refractivity contribution >= 4 is 22.5 Å². The SMILES string of the molecule is N#Cc1ccc(OCCc2c(CCN=[N+]=[N-])n(C(c3ccccc3)c3ccccc3)c3ccc(Cl)cc23)cc1. The fraction of sp³-hybridized carbons (Fsp3) is 0.156. The summed E-state index contributed by atoms with van der Waals surface area (Å²) in [5.41, 5.74) is 15.2. The van der Waals surface area contributed by atoms with E-state index in [1.807, 2.05) is 36.4 Å². The van der Waals surface area contributed by atoms with Crippen LogP contribution in [0.1, 0.15) is 34.0 Å². The predicted molar refractivity (Wildman–Crippen MR) is 155 cm³/mol. The molecule has 0 aliphatic rings. The molecule has 0 saturated heterocycles.